The van der Waals surface area contributed by atoms with Crippen LogP contribution < -0.4 is 5.73 Å². The second-order valence-corrected chi connectivity index (χ2v) is 1.93. The van der Waals surface area contributed by atoms with Crippen LogP contribution in [0.1, 0.15) is 0 Å². The van der Waals surface area contributed by atoms with Crippen molar-refractivity contribution in [2.45, 2.75) is 0 Å². The van der Waals surface area contributed by atoms with Gasteiger partial charge in [-0.3, -0.25) is 12.9 Å². The van der Waals surface area contributed by atoms with Crippen LogP contribution in [0.4, 0.5) is 12.9 Å². The van der Waals surface area contributed by atoms with Gasteiger partial charge in [-0.15, -0.1) is 0 Å². The van der Waals surface area contributed by atoms with Crippen molar-refractivity contribution < 1.29 is 12.9 Å². The molecule has 2 N–H and O–H groups in total. The Morgan fingerprint density at radius 3 is 1.43 bits per heavy atom. The minimum absolute atomic E-state index is 0.882. The molecule has 0 saturated heterocycles. The molecule has 0 aromatic heterocycles. The Morgan fingerprint density at radius 1 is 1.43 bits per heavy atom. The molecule has 1 nitrogen and oxygen atoms in total. The third-order valence-electron chi connectivity index (χ3n) is 0. The molecule has 0 heterocycles. The Labute approximate surface area is 74.6 Å². The second-order valence-electron chi connectivity index (χ2n) is 0.656. The average Bonchev–Trinajstić information content (AvgIpc) is 1.33. The fourth-order valence-corrected chi connectivity index (χ4v) is 0. The Hall–Kier alpha value is 1.45. The molecule has 0 aromatic carbocycles. The van der Waals surface area contributed by atoms with Crippen molar-refractivity contribution in [3.05, 3.63) is 0 Å². The predicted molar refractivity (Wildman–Crippen MR) is 23.9 cm³/mol. The van der Waals surface area contributed by atoms with E-state index in [1.807, 2.05) is 0 Å². The second kappa shape index (κ2) is 10.4. The van der Waals surface area contributed by atoms with Crippen LogP contribution in [-0.2, 0) is 0 Å². The van der Waals surface area contributed by atoms with Crippen LogP contribution in [0.15, 0.2) is 0 Å². The molecule has 7 heavy (non-hydrogen) atoms. The summed E-state index contributed by atoms with van der Waals surface area (Å²) >= 11 is 0.882. The molecule has 38 valence electrons. The molecule has 0 aliphatic heterocycles. The SMILES string of the molecule is FB(F)F.N[CH2][K]. The normalized spacial score (nSPS) is 6.57. The van der Waals surface area contributed by atoms with Crippen LogP contribution in [0.5, 0.6) is 0 Å². The van der Waals surface area contributed by atoms with Gasteiger partial charge >= 0.3 is 62.9 Å². The van der Waals surface area contributed by atoms with Gasteiger partial charge < -0.3 is 0 Å². The zero-order valence-corrected chi connectivity index (χ0v) is 7.12. The van der Waals surface area contributed by atoms with Crippen molar-refractivity contribution in [2.75, 3.05) is 0.639 Å². The third kappa shape index (κ3) is 105. The number of hydrogen-bond acceptors (Lipinski definition) is 1. The van der Waals surface area contributed by atoms with Gasteiger partial charge in [-0.1, -0.05) is 0 Å². The van der Waals surface area contributed by atoms with Crippen LogP contribution in [0.25, 0.3) is 0 Å². The van der Waals surface area contributed by atoms with Gasteiger partial charge in [0, 0.05) is 0 Å². The maximum absolute atomic E-state index is 9.67. The summed E-state index contributed by atoms with van der Waals surface area (Å²) in [6, 6.07) is 0. The average molecular weight is 137 g/mol. The molecule has 0 bridgehead atoms. The summed E-state index contributed by atoms with van der Waals surface area (Å²) in [7, 11) is -3.67. The Balaban J connectivity index is 0. The summed E-state index contributed by atoms with van der Waals surface area (Å²) in [6.07, 6.45) is 0. The van der Waals surface area contributed by atoms with E-state index in [0.717, 1.165) is 49.6 Å². The summed E-state index contributed by atoms with van der Waals surface area (Å²) in [5, 5.41) is 0. The molecular formula is CH4BF3KN. The number of rotatable bonds is 0. The predicted octanol–water partition coefficient (Wildman–Crippen LogP) is -0.0491. The quantitative estimate of drug-likeness (QED) is 0.465. The van der Waals surface area contributed by atoms with Gasteiger partial charge in [0.2, 0.25) is 0 Å². The molecule has 0 atom stereocenters. The van der Waals surface area contributed by atoms with Crippen molar-refractivity contribution >= 4 is 56.5 Å². The number of hydrogen-bond donors (Lipinski definition) is 1. The zero-order valence-electron chi connectivity index (χ0n) is 4.00. The summed E-state index contributed by atoms with van der Waals surface area (Å²) in [6.45, 7) is 0. The molecular weight excluding hydrogens is 133 g/mol. The Bertz CT molecular complexity index is 26.1. The van der Waals surface area contributed by atoms with Gasteiger partial charge in [0.25, 0.3) is 0 Å². The van der Waals surface area contributed by atoms with E-state index in [2.05, 4.69) is 0 Å². The van der Waals surface area contributed by atoms with E-state index in [0.29, 0.717) is 0 Å². The molecule has 6 heteroatoms. The van der Waals surface area contributed by atoms with E-state index in [1.165, 1.54) is 0 Å². The maximum atomic E-state index is 9.67. The molecule has 0 rings (SSSR count). The minimum atomic E-state index is -3.67. The molecule has 0 aliphatic carbocycles. The van der Waals surface area contributed by atoms with Crippen LogP contribution in [0, 0.1) is 0 Å². The third-order valence-corrected chi connectivity index (χ3v) is 0. The van der Waals surface area contributed by atoms with Crippen LogP contribution in [0.2, 0.25) is 0 Å². The summed E-state index contributed by atoms with van der Waals surface area (Å²) in [4.78, 5) is 0. The first-order valence-corrected chi connectivity index (χ1v) is 3.98. The van der Waals surface area contributed by atoms with Gasteiger partial charge in [0.05, 0.1) is 0 Å². The van der Waals surface area contributed by atoms with Crippen molar-refractivity contribution in [1.29, 1.82) is 0 Å². The molecule has 0 saturated carbocycles. The van der Waals surface area contributed by atoms with E-state index in [-0.39, 0.29) is 0 Å². The molecule has 0 aromatic rings. The topological polar surface area (TPSA) is 26.0 Å². The van der Waals surface area contributed by atoms with Crippen molar-refractivity contribution in [2.24, 2.45) is 5.73 Å². The fourth-order valence-electron chi connectivity index (χ4n) is 0. The molecule has 0 radical (unpaired) electrons. The summed E-state index contributed by atoms with van der Waals surface area (Å²) in [5.74, 6) is 0. The number of nitrogens with two attached hydrogens (primary N) is 1. The Morgan fingerprint density at radius 2 is 1.43 bits per heavy atom. The van der Waals surface area contributed by atoms with Crippen LogP contribution >= 0.6 is 0 Å². The van der Waals surface area contributed by atoms with E-state index in [4.69, 9.17) is 5.73 Å². The molecule has 0 aliphatic rings. The molecule has 0 spiro atoms. The van der Waals surface area contributed by atoms with Crippen molar-refractivity contribution in [1.82, 2.24) is 0 Å². The zero-order chi connectivity index (χ0) is 6.28. The summed E-state index contributed by atoms with van der Waals surface area (Å²) < 4.78 is 29.9. The van der Waals surface area contributed by atoms with Crippen LogP contribution in [-0.4, -0.2) is 57.1 Å². The molecule has 0 unspecified atom stereocenters. The standard InChI is InChI=1S/CH4N.BF3.K/c1-2;2-1(3)4;/h1-2H2;;. The summed E-state index contributed by atoms with van der Waals surface area (Å²) in [5.41, 5.74) is 4.93. The first kappa shape index (κ1) is 11.3. The van der Waals surface area contributed by atoms with Crippen LogP contribution in [0.3, 0.4) is 0 Å². The van der Waals surface area contributed by atoms with Crippen molar-refractivity contribution in [3.63, 3.8) is 0 Å². The molecule has 0 amide bonds. The van der Waals surface area contributed by atoms with Crippen molar-refractivity contribution in [3.8, 4) is 0 Å². The van der Waals surface area contributed by atoms with E-state index in [1.54, 1.807) is 0 Å². The van der Waals surface area contributed by atoms with E-state index >= 15 is 0 Å². The van der Waals surface area contributed by atoms with E-state index < -0.39 is 7.54 Å². The molecule has 0 fully saturated rings. The van der Waals surface area contributed by atoms with Gasteiger partial charge in [0.15, 0.2) is 0 Å². The Kier molecular flexibility index (Phi) is 16.8. The van der Waals surface area contributed by atoms with Gasteiger partial charge in [-0.05, 0) is 0 Å². The monoisotopic (exact) mass is 137 g/mol. The van der Waals surface area contributed by atoms with Gasteiger partial charge in [0.1, 0.15) is 0 Å². The first-order chi connectivity index (χ1) is 3.15. The first-order valence-electron chi connectivity index (χ1n) is 1.77. The van der Waals surface area contributed by atoms with Gasteiger partial charge in [-0.25, -0.2) is 0 Å². The van der Waals surface area contributed by atoms with Gasteiger partial charge in [-0.2, -0.15) is 0 Å². The number of halogens is 3. The fraction of sp³-hybridized carbons (Fsp3) is 1.00. The van der Waals surface area contributed by atoms with E-state index in [9.17, 15) is 12.9 Å².